The summed E-state index contributed by atoms with van der Waals surface area (Å²) in [6.07, 6.45) is 4.37. The predicted molar refractivity (Wildman–Crippen MR) is 113 cm³/mol. The van der Waals surface area contributed by atoms with E-state index in [0.717, 1.165) is 15.6 Å². The van der Waals surface area contributed by atoms with E-state index < -0.39 is 17.2 Å². The zero-order valence-corrected chi connectivity index (χ0v) is 16.9. The molecule has 0 saturated heterocycles. The van der Waals surface area contributed by atoms with Crippen molar-refractivity contribution in [3.63, 3.8) is 0 Å². The second kappa shape index (κ2) is 8.75. The molecule has 31 heavy (non-hydrogen) atoms. The van der Waals surface area contributed by atoms with Gasteiger partial charge in [-0.05, 0) is 23.6 Å². The minimum absolute atomic E-state index is 0.0534. The lowest BCUT2D eigenvalue weighted by atomic mass is 10.3. The van der Waals surface area contributed by atoms with Crippen LogP contribution < -0.4 is 22.1 Å². The third-order valence-electron chi connectivity index (χ3n) is 4.40. The summed E-state index contributed by atoms with van der Waals surface area (Å²) in [6.45, 7) is 0.219. The fourth-order valence-electron chi connectivity index (χ4n) is 2.87. The highest BCUT2D eigenvalue weighted by Gasteiger charge is 2.15. The number of aromatic amines is 1. The van der Waals surface area contributed by atoms with E-state index in [1.165, 1.54) is 26.8 Å². The molecule has 0 saturated carbocycles. The Morgan fingerprint density at radius 1 is 1.16 bits per heavy atom. The molecule has 1 amide bonds. The quantitative estimate of drug-likeness (QED) is 0.410. The summed E-state index contributed by atoms with van der Waals surface area (Å²) in [7, 11) is 0. The number of nitrogens with one attached hydrogen (secondary N) is 2. The van der Waals surface area contributed by atoms with Crippen molar-refractivity contribution in [1.29, 1.82) is 0 Å². The van der Waals surface area contributed by atoms with Gasteiger partial charge in [0.1, 0.15) is 5.56 Å². The van der Waals surface area contributed by atoms with Gasteiger partial charge in [0.15, 0.2) is 5.82 Å². The Labute approximate surface area is 178 Å². The third kappa shape index (κ3) is 4.43. The van der Waals surface area contributed by atoms with Gasteiger partial charge in [-0.25, -0.2) is 14.2 Å². The highest BCUT2D eigenvalue weighted by Crippen LogP contribution is 2.08. The van der Waals surface area contributed by atoms with Crippen molar-refractivity contribution in [3.05, 3.63) is 95.9 Å². The number of carbonyl (C=O) groups excluding carboxylic acids is 1. The first-order valence-electron chi connectivity index (χ1n) is 9.24. The van der Waals surface area contributed by atoms with Crippen molar-refractivity contribution >= 4 is 17.2 Å². The van der Waals surface area contributed by atoms with Crippen LogP contribution in [0.5, 0.6) is 0 Å². The van der Waals surface area contributed by atoms with Gasteiger partial charge in [0.25, 0.3) is 17.0 Å². The lowest BCUT2D eigenvalue weighted by Crippen LogP contribution is -2.41. The summed E-state index contributed by atoms with van der Waals surface area (Å²) >= 11 is 1.40. The molecule has 0 bridgehead atoms. The standard InChI is InChI=1S/C19H17N7O4S/c27-16-5-4-15(25-8-2-6-22-25)23-26(16)9-7-20-17(28)14-11-21-19(30)24(18(14)29)12-13-3-1-10-31-13/h1-6,8,10-11H,7,9,12H2,(H,20,28)(H,21,30). The topological polar surface area (TPSA) is 137 Å². The largest absolute Gasteiger partial charge is 0.350 e. The van der Waals surface area contributed by atoms with Crippen molar-refractivity contribution in [1.82, 2.24) is 34.4 Å². The van der Waals surface area contributed by atoms with E-state index in [1.54, 1.807) is 30.6 Å². The lowest BCUT2D eigenvalue weighted by Gasteiger charge is -2.09. The average Bonchev–Trinajstić information content (AvgIpc) is 3.47. The minimum Gasteiger partial charge on any atom is -0.350 e. The highest BCUT2D eigenvalue weighted by molar-refractivity contribution is 7.09. The number of H-pyrrole nitrogens is 1. The molecule has 12 heteroatoms. The van der Waals surface area contributed by atoms with E-state index in [4.69, 9.17) is 0 Å². The molecule has 4 aromatic rings. The van der Waals surface area contributed by atoms with E-state index in [1.807, 2.05) is 11.4 Å². The van der Waals surface area contributed by atoms with Crippen LogP contribution in [0.1, 0.15) is 15.2 Å². The Kier molecular flexibility index (Phi) is 5.71. The van der Waals surface area contributed by atoms with Crippen molar-refractivity contribution in [2.75, 3.05) is 6.54 Å². The van der Waals surface area contributed by atoms with Crippen LogP contribution in [0.15, 0.2) is 68.7 Å². The Morgan fingerprint density at radius 2 is 2.03 bits per heavy atom. The number of rotatable bonds is 7. The molecular formula is C19H17N7O4S. The SMILES string of the molecule is O=C(NCCn1nc(-n2cccn2)ccc1=O)c1c[nH]c(=O)n(Cc2cccs2)c1=O. The fourth-order valence-corrected chi connectivity index (χ4v) is 3.56. The molecule has 158 valence electrons. The van der Waals surface area contributed by atoms with Crippen LogP contribution in [-0.2, 0) is 13.1 Å². The van der Waals surface area contributed by atoms with E-state index in [-0.39, 0.29) is 30.8 Å². The van der Waals surface area contributed by atoms with Crippen molar-refractivity contribution in [2.24, 2.45) is 0 Å². The van der Waals surface area contributed by atoms with E-state index in [2.05, 4.69) is 20.5 Å². The summed E-state index contributed by atoms with van der Waals surface area (Å²) in [4.78, 5) is 52.4. The second-order valence-corrected chi connectivity index (χ2v) is 7.47. The Balaban J connectivity index is 1.46. The first kappa shape index (κ1) is 20.2. The van der Waals surface area contributed by atoms with Gasteiger partial charge in [-0.15, -0.1) is 16.4 Å². The van der Waals surface area contributed by atoms with Crippen LogP contribution in [0.2, 0.25) is 0 Å². The van der Waals surface area contributed by atoms with E-state index in [9.17, 15) is 19.2 Å². The van der Waals surface area contributed by atoms with Gasteiger partial charge in [0.05, 0.1) is 13.1 Å². The summed E-state index contributed by atoms with van der Waals surface area (Å²) in [5, 5.41) is 12.7. The third-order valence-corrected chi connectivity index (χ3v) is 5.26. The molecule has 0 aliphatic carbocycles. The van der Waals surface area contributed by atoms with Gasteiger partial charge in [0, 0.05) is 36.1 Å². The zero-order chi connectivity index (χ0) is 21.8. The Bertz CT molecular complexity index is 1370. The van der Waals surface area contributed by atoms with Crippen molar-refractivity contribution < 1.29 is 4.79 Å². The normalized spacial score (nSPS) is 10.8. The Morgan fingerprint density at radius 3 is 2.77 bits per heavy atom. The van der Waals surface area contributed by atoms with Crippen LogP contribution in [-0.4, -0.2) is 41.6 Å². The maximum Gasteiger partial charge on any atom is 0.328 e. The smallest absolute Gasteiger partial charge is 0.328 e. The first-order valence-corrected chi connectivity index (χ1v) is 10.1. The van der Waals surface area contributed by atoms with Crippen molar-refractivity contribution in [2.45, 2.75) is 13.1 Å². The van der Waals surface area contributed by atoms with E-state index >= 15 is 0 Å². The number of hydrogen-bond acceptors (Lipinski definition) is 7. The van der Waals surface area contributed by atoms with Crippen LogP contribution in [0.3, 0.4) is 0 Å². The van der Waals surface area contributed by atoms with Gasteiger partial charge in [-0.2, -0.15) is 5.10 Å². The second-order valence-electron chi connectivity index (χ2n) is 6.44. The summed E-state index contributed by atoms with van der Waals surface area (Å²) in [5.74, 6) is -0.203. The van der Waals surface area contributed by atoms with Gasteiger partial charge >= 0.3 is 5.69 Å². The summed E-state index contributed by atoms with van der Waals surface area (Å²) in [5.41, 5.74) is -1.82. The predicted octanol–water partition coefficient (Wildman–Crippen LogP) is -0.181. The van der Waals surface area contributed by atoms with Gasteiger partial charge in [-0.3, -0.25) is 19.0 Å². The molecular weight excluding hydrogens is 422 g/mol. The molecule has 0 aliphatic heterocycles. The fraction of sp³-hybridized carbons (Fsp3) is 0.158. The van der Waals surface area contributed by atoms with Crippen LogP contribution in [0.4, 0.5) is 0 Å². The van der Waals surface area contributed by atoms with Gasteiger partial charge in [-0.1, -0.05) is 6.07 Å². The molecule has 0 fully saturated rings. The molecule has 0 radical (unpaired) electrons. The molecule has 2 N–H and O–H groups in total. The molecule has 11 nitrogen and oxygen atoms in total. The molecule has 0 unspecified atom stereocenters. The summed E-state index contributed by atoms with van der Waals surface area (Å²) in [6, 6.07) is 8.24. The highest BCUT2D eigenvalue weighted by atomic mass is 32.1. The molecule has 0 spiro atoms. The zero-order valence-electron chi connectivity index (χ0n) is 16.1. The van der Waals surface area contributed by atoms with E-state index in [0.29, 0.717) is 5.82 Å². The average molecular weight is 439 g/mol. The molecule has 0 atom stereocenters. The molecule has 4 heterocycles. The van der Waals surface area contributed by atoms with Crippen LogP contribution in [0.25, 0.3) is 5.82 Å². The number of hydrogen-bond donors (Lipinski definition) is 2. The number of aromatic nitrogens is 6. The number of amides is 1. The van der Waals surface area contributed by atoms with Crippen LogP contribution in [0, 0.1) is 0 Å². The maximum absolute atomic E-state index is 12.6. The number of carbonyl (C=O) groups is 1. The lowest BCUT2D eigenvalue weighted by molar-refractivity contribution is 0.0949. The first-order chi connectivity index (χ1) is 15.0. The molecule has 0 aromatic carbocycles. The van der Waals surface area contributed by atoms with Crippen LogP contribution >= 0.6 is 11.3 Å². The molecule has 4 aromatic heterocycles. The Hall–Kier alpha value is -4.06. The molecule has 0 aliphatic rings. The monoisotopic (exact) mass is 439 g/mol. The maximum atomic E-state index is 12.6. The number of thiophene rings is 1. The van der Waals surface area contributed by atoms with Crippen molar-refractivity contribution in [3.8, 4) is 5.82 Å². The van der Waals surface area contributed by atoms with Gasteiger partial charge in [0.2, 0.25) is 0 Å². The molecule has 4 rings (SSSR count). The summed E-state index contributed by atoms with van der Waals surface area (Å²) < 4.78 is 3.67. The minimum atomic E-state index is -0.689. The van der Waals surface area contributed by atoms with Gasteiger partial charge < -0.3 is 10.3 Å². The number of nitrogens with zero attached hydrogens (tertiary/aromatic N) is 5.